The molecular formula is C28H36Cl2N2O3. The Labute approximate surface area is 219 Å². The summed E-state index contributed by atoms with van der Waals surface area (Å²) in [5.41, 5.74) is 1.77. The molecule has 1 aliphatic carbocycles. The molecule has 1 aliphatic rings. The van der Waals surface area contributed by atoms with Crippen LogP contribution in [0.5, 0.6) is 5.75 Å². The van der Waals surface area contributed by atoms with E-state index in [9.17, 15) is 9.59 Å². The van der Waals surface area contributed by atoms with E-state index in [2.05, 4.69) is 19.2 Å². The Balaban J connectivity index is 1.81. The number of ether oxygens (including phenoxy) is 1. The van der Waals surface area contributed by atoms with Gasteiger partial charge in [0.1, 0.15) is 11.8 Å². The molecule has 1 saturated carbocycles. The molecular weight excluding hydrogens is 483 g/mol. The average molecular weight is 520 g/mol. The average Bonchev–Trinajstić information content (AvgIpc) is 2.84. The summed E-state index contributed by atoms with van der Waals surface area (Å²) in [6.45, 7) is 6.12. The highest BCUT2D eigenvalue weighted by Crippen LogP contribution is 2.27. The molecule has 0 heterocycles. The molecule has 190 valence electrons. The predicted octanol–water partition coefficient (Wildman–Crippen LogP) is 6.75. The summed E-state index contributed by atoms with van der Waals surface area (Å²) in [7, 11) is 0. The van der Waals surface area contributed by atoms with E-state index in [-0.39, 0.29) is 36.9 Å². The third kappa shape index (κ3) is 7.62. The summed E-state index contributed by atoms with van der Waals surface area (Å²) in [6.07, 6.45) is 5.89. The van der Waals surface area contributed by atoms with E-state index in [0.29, 0.717) is 22.2 Å². The smallest absolute Gasteiger partial charge is 0.261 e. The van der Waals surface area contributed by atoms with Gasteiger partial charge in [0.25, 0.3) is 5.91 Å². The molecule has 1 fully saturated rings. The van der Waals surface area contributed by atoms with Crippen LogP contribution in [0.15, 0.2) is 42.5 Å². The lowest BCUT2D eigenvalue weighted by atomic mass is 9.95. The lowest BCUT2D eigenvalue weighted by Crippen LogP contribution is -2.52. The van der Waals surface area contributed by atoms with Crippen molar-refractivity contribution in [1.82, 2.24) is 10.2 Å². The fraction of sp³-hybridized carbons (Fsp3) is 0.500. The van der Waals surface area contributed by atoms with Gasteiger partial charge < -0.3 is 15.0 Å². The molecule has 2 aromatic carbocycles. The first-order valence-corrected chi connectivity index (χ1v) is 13.3. The van der Waals surface area contributed by atoms with Crippen LogP contribution in [0, 0.1) is 0 Å². The van der Waals surface area contributed by atoms with Crippen LogP contribution in [0.4, 0.5) is 0 Å². The molecule has 2 amide bonds. The third-order valence-corrected chi connectivity index (χ3v) is 7.17. The van der Waals surface area contributed by atoms with E-state index < -0.39 is 6.04 Å². The molecule has 0 spiro atoms. The molecule has 5 nitrogen and oxygen atoms in total. The second-order valence-electron chi connectivity index (χ2n) is 9.51. The summed E-state index contributed by atoms with van der Waals surface area (Å²) < 4.78 is 5.98. The molecule has 3 rings (SSSR count). The maximum Gasteiger partial charge on any atom is 0.261 e. The van der Waals surface area contributed by atoms with E-state index in [1.807, 2.05) is 31.2 Å². The zero-order valence-electron chi connectivity index (χ0n) is 20.9. The minimum atomic E-state index is -0.625. The number of carbonyl (C=O) groups is 2. The van der Waals surface area contributed by atoms with Crippen molar-refractivity contribution in [2.24, 2.45) is 0 Å². The molecule has 0 saturated heterocycles. The van der Waals surface area contributed by atoms with Crippen LogP contribution in [0.25, 0.3) is 0 Å². The Kier molecular flexibility index (Phi) is 10.3. The minimum Gasteiger partial charge on any atom is -0.483 e. The van der Waals surface area contributed by atoms with Gasteiger partial charge in [-0.05, 0) is 54.5 Å². The van der Waals surface area contributed by atoms with E-state index in [1.165, 1.54) is 6.42 Å². The summed E-state index contributed by atoms with van der Waals surface area (Å²) >= 11 is 12.5. The van der Waals surface area contributed by atoms with Crippen LogP contribution in [0.1, 0.15) is 76.3 Å². The van der Waals surface area contributed by atoms with Crippen LogP contribution in [-0.2, 0) is 16.1 Å². The summed E-state index contributed by atoms with van der Waals surface area (Å²) in [5.74, 6) is 0.551. The maximum atomic E-state index is 13.5. The fourth-order valence-corrected chi connectivity index (χ4v) is 5.08. The molecule has 0 radical (unpaired) electrons. The number of hydrogen-bond acceptors (Lipinski definition) is 3. The molecule has 0 aliphatic heterocycles. The fourth-order valence-electron chi connectivity index (χ4n) is 4.61. The van der Waals surface area contributed by atoms with Gasteiger partial charge in [-0.1, -0.05) is 87.5 Å². The van der Waals surface area contributed by atoms with Crippen molar-refractivity contribution >= 4 is 35.0 Å². The Morgan fingerprint density at radius 1 is 1.09 bits per heavy atom. The number of halogens is 2. The van der Waals surface area contributed by atoms with Crippen LogP contribution in [0.3, 0.4) is 0 Å². The van der Waals surface area contributed by atoms with Crippen LogP contribution >= 0.6 is 23.2 Å². The third-order valence-electron chi connectivity index (χ3n) is 6.59. The van der Waals surface area contributed by atoms with Gasteiger partial charge in [-0.25, -0.2) is 0 Å². The first-order chi connectivity index (χ1) is 16.8. The van der Waals surface area contributed by atoms with E-state index in [1.54, 1.807) is 23.1 Å². The summed E-state index contributed by atoms with van der Waals surface area (Å²) in [4.78, 5) is 28.5. The molecule has 0 aromatic heterocycles. The number of carbonyl (C=O) groups excluding carboxylic acids is 2. The molecule has 2 aromatic rings. The van der Waals surface area contributed by atoms with Gasteiger partial charge in [0, 0.05) is 22.6 Å². The lowest BCUT2D eigenvalue weighted by molar-refractivity contribution is -0.143. The van der Waals surface area contributed by atoms with E-state index in [0.717, 1.165) is 36.8 Å². The topological polar surface area (TPSA) is 58.6 Å². The zero-order chi connectivity index (χ0) is 25.4. The SMILES string of the molecule is CCC(C(=O)NC1CCCCC1)N(Cc1ccc(Cl)cc1Cl)C(=O)COc1ccccc1C(C)C. The molecule has 1 N–H and O–H groups in total. The van der Waals surface area contributed by atoms with Gasteiger partial charge >= 0.3 is 0 Å². The van der Waals surface area contributed by atoms with Gasteiger partial charge in [0.2, 0.25) is 5.91 Å². The van der Waals surface area contributed by atoms with E-state index >= 15 is 0 Å². The van der Waals surface area contributed by atoms with Gasteiger partial charge in [0.15, 0.2) is 6.61 Å². The highest BCUT2D eigenvalue weighted by molar-refractivity contribution is 6.35. The van der Waals surface area contributed by atoms with Gasteiger partial charge in [-0.2, -0.15) is 0 Å². The monoisotopic (exact) mass is 518 g/mol. The number of hydrogen-bond donors (Lipinski definition) is 1. The highest BCUT2D eigenvalue weighted by Gasteiger charge is 2.31. The number of amides is 2. The number of para-hydroxylation sites is 1. The highest BCUT2D eigenvalue weighted by atomic mass is 35.5. The van der Waals surface area contributed by atoms with Crippen molar-refractivity contribution in [2.45, 2.75) is 83.8 Å². The summed E-state index contributed by atoms with van der Waals surface area (Å²) in [6, 6.07) is 12.5. The van der Waals surface area contributed by atoms with Crippen molar-refractivity contribution in [3.8, 4) is 5.75 Å². The van der Waals surface area contributed by atoms with Crippen LogP contribution in [0.2, 0.25) is 10.0 Å². The molecule has 7 heteroatoms. The van der Waals surface area contributed by atoms with E-state index in [4.69, 9.17) is 27.9 Å². The molecule has 0 bridgehead atoms. The van der Waals surface area contributed by atoms with Gasteiger partial charge in [0.05, 0.1) is 0 Å². The minimum absolute atomic E-state index is 0.125. The number of nitrogens with one attached hydrogen (secondary N) is 1. The Morgan fingerprint density at radius 3 is 2.46 bits per heavy atom. The standard InChI is InChI=1S/C28H36Cl2N2O3/c1-4-25(28(34)31-22-10-6-5-7-11-22)32(17-20-14-15-21(29)16-24(20)30)27(33)18-35-26-13-9-8-12-23(26)19(2)3/h8-9,12-16,19,22,25H,4-7,10-11,17-18H2,1-3H3,(H,31,34). The van der Waals surface area contributed by atoms with Crippen molar-refractivity contribution in [3.63, 3.8) is 0 Å². The second-order valence-corrected chi connectivity index (χ2v) is 10.3. The van der Waals surface area contributed by atoms with Crippen molar-refractivity contribution in [2.75, 3.05) is 6.61 Å². The zero-order valence-corrected chi connectivity index (χ0v) is 22.4. The molecule has 1 atom stereocenters. The predicted molar refractivity (Wildman–Crippen MR) is 142 cm³/mol. The molecule has 1 unspecified atom stereocenters. The van der Waals surface area contributed by atoms with Gasteiger partial charge in [-0.3, -0.25) is 9.59 Å². The van der Waals surface area contributed by atoms with Crippen LogP contribution in [-0.4, -0.2) is 35.4 Å². The Bertz CT molecular complexity index is 1010. The lowest BCUT2D eigenvalue weighted by Gasteiger charge is -2.33. The maximum absolute atomic E-state index is 13.5. The quantitative estimate of drug-likeness (QED) is 0.378. The first-order valence-electron chi connectivity index (χ1n) is 12.6. The largest absolute Gasteiger partial charge is 0.483 e. The van der Waals surface area contributed by atoms with Gasteiger partial charge in [-0.15, -0.1) is 0 Å². The second kappa shape index (κ2) is 13.2. The Hall–Kier alpha value is -2.24. The number of nitrogens with zero attached hydrogens (tertiary/aromatic N) is 1. The summed E-state index contributed by atoms with van der Waals surface area (Å²) in [5, 5.41) is 4.17. The van der Waals surface area contributed by atoms with Crippen molar-refractivity contribution in [3.05, 3.63) is 63.6 Å². The Morgan fingerprint density at radius 2 is 1.80 bits per heavy atom. The number of rotatable bonds is 10. The number of benzene rings is 2. The normalized spacial score (nSPS) is 15.0. The van der Waals surface area contributed by atoms with Crippen molar-refractivity contribution < 1.29 is 14.3 Å². The molecule has 35 heavy (non-hydrogen) atoms. The van der Waals surface area contributed by atoms with Crippen molar-refractivity contribution in [1.29, 1.82) is 0 Å². The first kappa shape index (κ1) is 27.3. The van der Waals surface area contributed by atoms with Crippen LogP contribution < -0.4 is 10.1 Å².